The SMILES string of the molecule is CC1(C)OB(c2cc(F)c3nc(N)sc3c2)OC1(C)C. The van der Waals surface area contributed by atoms with Crippen molar-refractivity contribution in [3.8, 4) is 0 Å². The first-order valence-corrected chi connectivity index (χ1v) is 7.22. The Labute approximate surface area is 121 Å². The van der Waals surface area contributed by atoms with Crippen molar-refractivity contribution < 1.29 is 13.7 Å². The minimum atomic E-state index is -0.581. The molecule has 1 aliphatic heterocycles. The van der Waals surface area contributed by atoms with Crippen molar-refractivity contribution >= 4 is 39.3 Å². The third kappa shape index (κ3) is 2.01. The lowest BCUT2D eigenvalue weighted by molar-refractivity contribution is 0.00578. The van der Waals surface area contributed by atoms with Crippen molar-refractivity contribution in [3.05, 3.63) is 17.9 Å². The quantitative estimate of drug-likeness (QED) is 0.820. The molecule has 2 heterocycles. The molecule has 1 saturated heterocycles. The lowest BCUT2D eigenvalue weighted by Gasteiger charge is -2.32. The molecule has 0 radical (unpaired) electrons. The zero-order valence-electron chi connectivity index (χ0n) is 11.9. The highest BCUT2D eigenvalue weighted by molar-refractivity contribution is 7.22. The van der Waals surface area contributed by atoms with Gasteiger partial charge < -0.3 is 15.0 Å². The molecular weight excluding hydrogens is 278 g/mol. The summed E-state index contributed by atoms with van der Waals surface area (Å²) in [6.07, 6.45) is 0. The lowest BCUT2D eigenvalue weighted by atomic mass is 9.79. The second kappa shape index (κ2) is 4.16. The van der Waals surface area contributed by atoms with E-state index in [0.29, 0.717) is 20.8 Å². The maximum atomic E-state index is 14.1. The molecule has 4 nitrogen and oxygen atoms in total. The predicted octanol–water partition coefficient (Wildman–Crippen LogP) is 2.32. The summed E-state index contributed by atoms with van der Waals surface area (Å²) < 4.78 is 26.6. The van der Waals surface area contributed by atoms with E-state index in [4.69, 9.17) is 15.0 Å². The van der Waals surface area contributed by atoms with E-state index in [9.17, 15) is 4.39 Å². The van der Waals surface area contributed by atoms with Crippen LogP contribution in [0.5, 0.6) is 0 Å². The first-order valence-electron chi connectivity index (χ1n) is 6.41. The Morgan fingerprint density at radius 2 is 1.80 bits per heavy atom. The molecular formula is C13H16BFN2O2S. The van der Waals surface area contributed by atoms with Crippen LogP contribution in [0.25, 0.3) is 10.2 Å². The van der Waals surface area contributed by atoms with Gasteiger partial charge in [0, 0.05) is 0 Å². The maximum Gasteiger partial charge on any atom is 0.494 e. The van der Waals surface area contributed by atoms with Crippen LogP contribution in [0.3, 0.4) is 0 Å². The van der Waals surface area contributed by atoms with E-state index >= 15 is 0 Å². The predicted molar refractivity (Wildman–Crippen MR) is 79.7 cm³/mol. The van der Waals surface area contributed by atoms with Gasteiger partial charge in [0.15, 0.2) is 5.13 Å². The third-order valence-corrected chi connectivity index (χ3v) is 4.84. The topological polar surface area (TPSA) is 57.4 Å². The van der Waals surface area contributed by atoms with Crippen LogP contribution in [-0.4, -0.2) is 23.3 Å². The number of benzene rings is 1. The minimum Gasteiger partial charge on any atom is -0.399 e. The Morgan fingerprint density at radius 1 is 1.20 bits per heavy atom. The molecule has 3 rings (SSSR count). The normalized spacial score (nSPS) is 20.8. The molecule has 2 aromatic rings. The molecule has 1 aliphatic rings. The van der Waals surface area contributed by atoms with Gasteiger partial charge in [-0.3, -0.25) is 0 Å². The molecule has 2 N–H and O–H groups in total. The van der Waals surface area contributed by atoms with Crippen molar-refractivity contribution in [2.45, 2.75) is 38.9 Å². The van der Waals surface area contributed by atoms with Gasteiger partial charge >= 0.3 is 7.12 Å². The summed E-state index contributed by atoms with van der Waals surface area (Å²) in [6, 6.07) is 3.23. The Balaban J connectivity index is 2.04. The number of anilines is 1. The molecule has 0 spiro atoms. The van der Waals surface area contributed by atoms with Crippen molar-refractivity contribution in [2.24, 2.45) is 0 Å². The van der Waals surface area contributed by atoms with Crippen LogP contribution < -0.4 is 11.2 Å². The molecule has 1 fully saturated rings. The van der Waals surface area contributed by atoms with Crippen LogP contribution in [0.4, 0.5) is 9.52 Å². The molecule has 7 heteroatoms. The number of rotatable bonds is 1. The molecule has 0 unspecified atom stereocenters. The number of nitrogens with two attached hydrogens (primary N) is 1. The van der Waals surface area contributed by atoms with Crippen molar-refractivity contribution in [1.29, 1.82) is 0 Å². The van der Waals surface area contributed by atoms with Crippen LogP contribution in [0.2, 0.25) is 0 Å². The Kier molecular flexibility index (Phi) is 2.87. The van der Waals surface area contributed by atoms with Crippen molar-refractivity contribution in [1.82, 2.24) is 4.98 Å². The van der Waals surface area contributed by atoms with E-state index < -0.39 is 24.1 Å². The van der Waals surface area contributed by atoms with Crippen LogP contribution in [0.1, 0.15) is 27.7 Å². The van der Waals surface area contributed by atoms with Crippen molar-refractivity contribution in [2.75, 3.05) is 5.73 Å². The van der Waals surface area contributed by atoms with Gasteiger partial charge in [-0.15, -0.1) is 0 Å². The number of hydrogen-bond acceptors (Lipinski definition) is 5. The highest BCUT2D eigenvalue weighted by Crippen LogP contribution is 2.37. The first-order chi connectivity index (χ1) is 9.19. The van der Waals surface area contributed by atoms with E-state index in [1.54, 1.807) is 0 Å². The summed E-state index contributed by atoms with van der Waals surface area (Å²) in [7, 11) is -0.581. The van der Waals surface area contributed by atoms with Crippen LogP contribution >= 0.6 is 11.3 Å². The zero-order chi connectivity index (χ0) is 14.7. The van der Waals surface area contributed by atoms with Gasteiger partial charge in [0.25, 0.3) is 0 Å². The van der Waals surface area contributed by atoms with E-state index in [-0.39, 0.29) is 0 Å². The van der Waals surface area contributed by atoms with Gasteiger partial charge in [0.1, 0.15) is 11.3 Å². The fourth-order valence-electron chi connectivity index (χ4n) is 2.14. The first kappa shape index (κ1) is 13.8. The minimum absolute atomic E-state index is 0.299. The highest BCUT2D eigenvalue weighted by Gasteiger charge is 2.51. The standard InChI is InChI=1S/C13H16BFN2O2S/c1-12(2)13(3,4)19-14(18-12)7-5-8(15)10-9(6-7)20-11(16)17-10/h5-6H,1-4H3,(H2,16,17). The highest BCUT2D eigenvalue weighted by atomic mass is 32.1. The fourth-order valence-corrected chi connectivity index (χ4v) is 2.94. The van der Waals surface area contributed by atoms with Crippen LogP contribution in [-0.2, 0) is 9.31 Å². The molecule has 0 bridgehead atoms. The molecule has 0 atom stereocenters. The van der Waals surface area contributed by atoms with Crippen molar-refractivity contribution in [3.63, 3.8) is 0 Å². The number of halogens is 1. The summed E-state index contributed by atoms with van der Waals surface area (Å²) in [6.45, 7) is 7.86. The Bertz CT molecular complexity index is 670. The molecule has 106 valence electrons. The second-order valence-electron chi connectivity index (χ2n) is 5.99. The van der Waals surface area contributed by atoms with Gasteiger partial charge in [-0.25, -0.2) is 9.37 Å². The summed E-state index contributed by atoms with van der Waals surface area (Å²) in [5.41, 5.74) is 5.68. The molecule has 1 aromatic carbocycles. The van der Waals surface area contributed by atoms with E-state index in [0.717, 1.165) is 0 Å². The summed E-state index contributed by atoms with van der Waals surface area (Å²) in [5, 5.41) is 0.352. The fraction of sp³-hybridized carbons (Fsp3) is 0.462. The molecule has 20 heavy (non-hydrogen) atoms. The lowest BCUT2D eigenvalue weighted by Crippen LogP contribution is -2.41. The molecule has 0 saturated carbocycles. The van der Waals surface area contributed by atoms with E-state index in [1.165, 1.54) is 17.4 Å². The van der Waals surface area contributed by atoms with Gasteiger partial charge in [-0.05, 0) is 45.3 Å². The molecule has 1 aromatic heterocycles. The van der Waals surface area contributed by atoms with Crippen LogP contribution in [0, 0.1) is 5.82 Å². The average molecular weight is 294 g/mol. The number of nitrogens with zero attached hydrogens (tertiary/aromatic N) is 1. The number of nitrogen functional groups attached to an aromatic ring is 1. The molecule has 0 amide bonds. The van der Waals surface area contributed by atoms with Crippen LogP contribution in [0.15, 0.2) is 12.1 Å². The second-order valence-corrected chi connectivity index (χ2v) is 7.05. The van der Waals surface area contributed by atoms with E-state index in [2.05, 4.69) is 4.98 Å². The third-order valence-electron chi connectivity index (χ3n) is 4.01. The maximum absolute atomic E-state index is 14.1. The number of hydrogen-bond donors (Lipinski definition) is 1. The van der Waals surface area contributed by atoms with Gasteiger partial charge in [-0.1, -0.05) is 11.3 Å². The smallest absolute Gasteiger partial charge is 0.399 e. The summed E-state index contributed by atoms with van der Waals surface area (Å²) >= 11 is 1.25. The zero-order valence-corrected chi connectivity index (χ0v) is 12.7. The number of thiazole rings is 1. The summed E-state index contributed by atoms with van der Waals surface area (Å²) in [4.78, 5) is 3.98. The van der Waals surface area contributed by atoms with E-state index in [1.807, 2.05) is 33.8 Å². The van der Waals surface area contributed by atoms with Gasteiger partial charge in [-0.2, -0.15) is 0 Å². The monoisotopic (exact) mass is 294 g/mol. The Morgan fingerprint density at radius 3 is 2.40 bits per heavy atom. The van der Waals surface area contributed by atoms with Gasteiger partial charge in [0.05, 0.1) is 15.9 Å². The average Bonchev–Trinajstić information content (AvgIpc) is 2.77. The number of fused-ring (bicyclic) bond motifs is 1. The number of aromatic nitrogens is 1. The summed E-state index contributed by atoms with van der Waals surface area (Å²) in [5.74, 6) is -0.403. The Hall–Kier alpha value is -1.18. The molecule has 0 aliphatic carbocycles. The van der Waals surface area contributed by atoms with Gasteiger partial charge in [0.2, 0.25) is 0 Å². The largest absolute Gasteiger partial charge is 0.494 e.